The van der Waals surface area contributed by atoms with Crippen LogP contribution in [0.25, 0.3) is 0 Å². The summed E-state index contributed by atoms with van der Waals surface area (Å²) in [6.45, 7) is 0. The van der Waals surface area contributed by atoms with Crippen LogP contribution in [0.15, 0.2) is 118 Å². The zero-order valence-electron chi connectivity index (χ0n) is 15.6. The van der Waals surface area contributed by atoms with Gasteiger partial charge in [0.15, 0.2) is 0 Å². The van der Waals surface area contributed by atoms with Gasteiger partial charge in [-0.05, 0) is 90.1 Å². The first-order chi connectivity index (χ1) is 14.3. The Morgan fingerprint density at radius 1 is 0.517 bits per heavy atom. The molecule has 3 aromatic carbocycles. The lowest BCUT2D eigenvalue weighted by molar-refractivity contribution is 1.46. The van der Waals surface area contributed by atoms with E-state index in [0.29, 0.717) is 5.69 Å². The average Bonchev–Trinajstić information content (AvgIpc) is 2.78. The molecular formula is C24H18N4O. The van der Waals surface area contributed by atoms with Gasteiger partial charge in [0.2, 0.25) is 0 Å². The summed E-state index contributed by atoms with van der Waals surface area (Å²) in [5, 5.41) is 6.24. The Hall–Kier alpha value is -4.12. The van der Waals surface area contributed by atoms with Crippen molar-refractivity contribution in [1.29, 1.82) is 0 Å². The maximum atomic E-state index is 10.5. The predicted octanol–water partition coefficient (Wildman–Crippen LogP) is 6.80. The number of hydrogen-bond acceptors (Lipinski definition) is 5. The third kappa shape index (κ3) is 4.99. The van der Waals surface area contributed by atoms with Crippen molar-refractivity contribution < 1.29 is 0 Å². The van der Waals surface area contributed by atoms with E-state index >= 15 is 0 Å². The van der Waals surface area contributed by atoms with E-state index in [1.54, 1.807) is 24.3 Å². The second-order valence-electron chi connectivity index (χ2n) is 6.39. The first-order valence-electron chi connectivity index (χ1n) is 9.18. The van der Waals surface area contributed by atoms with E-state index in [-0.39, 0.29) is 0 Å². The van der Waals surface area contributed by atoms with Crippen LogP contribution in [0.4, 0.5) is 28.4 Å². The Morgan fingerprint density at radius 3 is 1.48 bits per heavy atom. The minimum atomic E-state index is 0.392. The van der Waals surface area contributed by atoms with E-state index in [4.69, 9.17) is 0 Å². The van der Waals surface area contributed by atoms with Crippen molar-refractivity contribution in [3.8, 4) is 0 Å². The van der Waals surface area contributed by atoms with Crippen LogP contribution in [0.3, 0.4) is 0 Å². The van der Waals surface area contributed by atoms with Gasteiger partial charge in [0.1, 0.15) is 5.69 Å². The molecule has 4 rings (SSSR count). The molecule has 0 amide bonds. The fourth-order valence-electron chi connectivity index (χ4n) is 2.80. The van der Waals surface area contributed by atoms with Gasteiger partial charge in [-0.25, -0.2) is 9.98 Å². The zero-order valence-corrected chi connectivity index (χ0v) is 15.6. The highest BCUT2D eigenvalue weighted by atomic mass is 16.3. The van der Waals surface area contributed by atoms with Gasteiger partial charge in [-0.15, -0.1) is 4.91 Å². The summed E-state index contributed by atoms with van der Waals surface area (Å²) >= 11 is 0. The molecule has 5 heteroatoms. The SMILES string of the molecule is O=Nc1ccc(N=C2C=CC(=Nc3ccc(Nc4ccccc4)cc3)C=C2)cc1. The van der Waals surface area contributed by atoms with Crippen LogP contribution in [0, 0.1) is 4.91 Å². The maximum absolute atomic E-state index is 10.5. The number of allylic oxidation sites excluding steroid dienone is 4. The largest absolute Gasteiger partial charge is 0.356 e. The summed E-state index contributed by atoms with van der Waals surface area (Å²) in [6, 6.07) is 24.8. The van der Waals surface area contributed by atoms with E-state index in [0.717, 1.165) is 34.2 Å². The number of rotatable bonds is 5. The predicted molar refractivity (Wildman–Crippen MR) is 121 cm³/mol. The van der Waals surface area contributed by atoms with Crippen molar-refractivity contribution in [2.75, 3.05) is 5.32 Å². The van der Waals surface area contributed by atoms with Gasteiger partial charge in [-0.2, -0.15) is 0 Å². The number of benzene rings is 3. The fraction of sp³-hybridized carbons (Fsp3) is 0. The van der Waals surface area contributed by atoms with Crippen LogP contribution >= 0.6 is 0 Å². The third-order valence-corrected chi connectivity index (χ3v) is 4.25. The van der Waals surface area contributed by atoms with Gasteiger partial charge in [-0.1, -0.05) is 18.2 Å². The molecule has 0 unspecified atom stereocenters. The van der Waals surface area contributed by atoms with Crippen LogP contribution in [0.2, 0.25) is 0 Å². The molecule has 0 bridgehead atoms. The molecule has 29 heavy (non-hydrogen) atoms. The second kappa shape index (κ2) is 8.71. The molecule has 140 valence electrons. The van der Waals surface area contributed by atoms with E-state index < -0.39 is 0 Å². The van der Waals surface area contributed by atoms with E-state index in [1.165, 1.54) is 0 Å². The molecule has 1 aliphatic carbocycles. The zero-order chi connectivity index (χ0) is 19.9. The summed E-state index contributed by atoms with van der Waals surface area (Å²) in [7, 11) is 0. The highest BCUT2D eigenvalue weighted by Crippen LogP contribution is 2.22. The van der Waals surface area contributed by atoms with Crippen molar-refractivity contribution in [3.05, 3.63) is 108 Å². The first-order valence-corrected chi connectivity index (χ1v) is 9.18. The highest BCUT2D eigenvalue weighted by Gasteiger charge is 2.01. The van der Waals surface area contributed by atoms with Gasteiger partial charge < -0.3 is 5.32 Å². The third-order valence-electron chi connectivity index (χ3n) is 4.25. The Balaban J connectivity index is 1.42. The lowest BCUT2D eigenvalue weighted by Gasteiger charge is -2.07. The molecule has 0 heterocycles. The lowest BCUT2D eigenvalue weighted by Crippen LogP contribution is -1.99. The molecule has 0 spiro atoms. The van der Waals surface area contributed by atoms with Crippen molar-refractivity contribution in [3.63, 3.8) is 0 Å². The number of nitrogens with zero attached hydrogens (tertiary/aromatic N) is 3. The Morgan fingerprint density at radius 2 is 0.966 bits per heavy atom. The van der Waals surface area contributed by atoms with Crippen LogP contribution in [-0.4, -0.2) is 11.4 Å². The van der Waals surface area contributed by atoms with Gasteiger partial charge in [0.05, 0.1) is 22.8 Å². The second-order valence-corrected chi connectivity index (χ2v) is 6.39. The number of hydrogen-bond donors (Lipinski definition) is 1. The van der Waals surface area contributed by atoms with Gasteiger partial charge in [-0.3, -0.25) is 0 Å². The number of nitrogens with one attached hydrogen (secondary N) is 1. The van der Waals surface area contributed by atoms with Crippen molar-refractivity contribution in [1.82, 2.24) is 0 Å². The maximum Gasteiger partial charge on any atom is 0.108 e. The minimum Gasteiger partial charge on any atom is -0.356 e. The van der Waals surface area contributed by atoms with Gasteiger partial charge in [0, 0.05) is 11.4 Å². The molecule has 0 aromatic heterocycles. The molecule has 3 aromatic rings. The fourth-order valence-corrected chi connectivity index (χ4v) is 2.80. The summed E-state index contributed by atoms with van der Waals surface area (Å²) in [5.41, 5.74) is 5.78. The standard InChI is InChI=1S/C24H18N4O/c29-28-24-16-14-23(15-17-24)27-22-12-10-21(11-13-22)26-20-8-6-19(7-9-20)25-18-4-2-1-3-5-18/h1-17,25H. The van der Waals surface area contributed by atoms with Crippen molar-refractivity contribution in [2.24, 2.45) is 15.2 Å². The Bertz CT molecular complexity index is 1090. The highest BCUT2D eigenvalue weighted by molar-refractivity contribution is 6.19. The number of anilines is 2. The van der Waals surface area contributed by atoms with Crippen molar-refractivity contribution >= 4 is 39.9 Å². The quantitative estimate of drug-likeness (QED) is 0.392. The topological polar surface area (TPSA) is 66.2 Å². The first kappa shape index (κ1) is 18.3. The molecule has 0 aliphatic heterocycles. The van der Waals surface area contributed by atoms with E-state index in [2.05, 4.69) is 20.5 Å². The molecule has 0 saturated carbocycles. The summed E-state index contributed by atoms with van der Waals surface area (Å²) in [4.78, 5) is 19.6. The van der Waals surface area contributed by atoms with Crippen molar-refractivity contribution in [2.45, 2.75) is 0 Å². The average molecular weight is 378 g/mol. The minimum absolute atomic E-state index is 0.392. The summed E-state index contributed by atoms with van der Waals surface area (Å²) in [6.07, 6.45) is 7.68. The van der Waals surface area contributed by atoms with Crippen LogP contribution in [-0.2, 0) is 0 Å². The molecule has 1 N–H and O–H groups in total. The Kier molecular flexibility index (Phi) is 5.48. The molecule has 0 fully saturated rings. The number of nitroso groups, excluding NO2 is 1. The smallest absolute Gasteiger partial charge is 0.108 e. The van der Waals surface area contributed by atoms with Crippen LogP contribution in [0.1, 0.15) is 0 Å². The van der Waals surface area contributed by atoms with E-state index in [9.17, 15) is 4.91 Å². The molecule has 0 radical (unpaired) electrons. The molecule has 1 aliphatic rings. The van der Waals surface area contributed by atoms with Gasteiger partial charge in [0.25, 0.3) is 0 Å². The summed E-state index contributed by atoms with van der Waals surface area (Å²) in [5.74, 6) is 0. The number of aliphatic imine (C=N–C) groups is 2. The lowest BCUT2D eigenvalue weighted by atomic mass is 10.1. The monoisotopic (exact) mass is 378 g/mol. The molecule has 5 nitrogen and oxygen atoms in total. The molecule has 0 atom stereocenters. The molecule has 0 saturated heterocycles. The summed E-state index contributed by atoms with van der Waals surface area (Å²) < 4.78 is 0. The van der Waals surface area contributed by atoms with Gasteiger partial charge >= 0.3 is 0 Å². The molecular weight excluding hydrogens is 360 g/mol. The van der Waals surface area contributed by atoms with Crippen LogP contribution in [0.5, 0.6) is 0 Å². The van der Waals surface area contributed by atoms with E-state index in [1.807, 2.05) is 78.9 Å². The number of para-hydroxylation sites is 1. The van der Waals surface area contributed by atoms with Crippen LogP contribution < -0.4 is 5.32 Å². The Labute approximate surface area is 168 Å². The normalized spacial score (nSPS) is 12.6.